The molecule has 0 aromatic heterocycles. The smallest absolute Gasteiger partial charge is 0.326 e. The van der Waals surface area contributed by atoms with Crippen LogP contribution in [-0.2, 0) is 9.59 Å². The number of likely N-dealkylation sites (tertiary alicyclic amines) is 1. The van der Waals surface area contributed by atoms with Crippen LogP contribution in [0.25, 0.3) is 0 Å². The quantitative estimate of drug-likeness (QED) is 0.710. The molecule has 0 saturated carbocycles. The van der Waals surface area contributed by atoms with E-state index in [1.165, 1.54) is 4.90 Å². The molecule has 1 amide bonds. The van der Waals surface area contributed by atoms with Crippen LogP contribution in [0.2, 0.25) is 0 Å². The lowest BCUT2D eigenvalue weighted by Crippen LogP contribution is -2.42. The summed E-state index contributed by atoms with van der Waals surface area (Å²) in [5.41, 5.74) is 0. The van der Waals surface area contributed by atoms with E-state index in [0.29, 0.717) is 13.0 Å². The predicted molar refractivity (Wildman–Crippen MR) is 59.6 cm³/mol. The van der Waals surface area contributed by atoms with E-state index in [9.17, 15) is 9.59 Å². The van der Waals surface area contributed by atoms with Gasteiger partial charge in [0.2, 0.25) is 5.91 Å². The Morgan fingerprint density at radius 1 is 1.75 bits per heavy atom. The van der Waals surface area contributed by atoms with Gasteiger partial charge >= 0.3 is 5.97 Å². The maximum Gasteiger partial charge on any atom is 0.326 e. The van der Waals surface area contributed by atoms with Gasteiger partial charge < -0.3 is 10.0 Å². The van der Waals surface area contributed by atoms with Crippen LogP contribution < -0.4 is 0 Å². The second-order valence-corrected chi connectivity index (χ2v) is 4.11. The summed E-state index contributed by atoms with van der Waals surface area (Å²) in [5, 5.41) is 9.09. The summed E-state index contributed by atoms with van der Waals surface area (Å²) >= 11 is 0. The fourth-order valence-corrected chi connectivity index (χ4v) is 1.95. The number of aliphatic carboxylic acids is 1. The molecule has 1 heterocycles. The number of hydrogen-bond donors (Lipinski definition) is 1. The lowest BCUT2D eigenvalue weighted by Gasteiger charge is -2.24. The molecular weight excluding hydrogens is 206 g/mol. The second kappa shape index (κ2) is 5.55. The summed E-state index contributed by atoms with van der Waals surface area (Å²) in [6, 6.07) is -0.703. The van der Waals surface area contributed by atoms with Crippen molar-refractivity contribution in [1.82, 2.24) is 4.90 Å². The van der Waals surface area contributed by atoms with Crippen molar-refractivity contribution >= 4 is 11.9 Å². The highest BCUT2D eigenvalue weighted by Crippen LogP contribution is 2.22. The zero-order chi connectivity index (χ0) is 12.1. The number of unbranched alkanes of at least 4 members (excludes halogenated alkanes) is 1. The molecule has 0 spiro atoms. The summed E-state index contributed by atoms with van der Waals surface area (Å²) < 4.78 is 0. The van der Waals surface area contributed by atoms with Gasteiger partial charge in [-0.15, -0.1) is 12.3 Å². The number of nitrogens with zero attached hydrogens (tertiary/aromatic N) is 1. The Hall–Kier alpha value is -1.50. The van der Waals surface area contributed by atoms with Crippen molar-refractivity contribution in [3.05, 3.63) is 0 Å². The van der Waals surface area contributed by atoms with E-state index in [4.69, 9.17) is 11.5 Å². The highest BCUT2D eigenvalue weighted by molar-refractivity contribution is 5.85. The second-order valence-electron chi connectivity index (χ2n) is 4.11. The van der Waals surface area contributed by atoms with Gasteiger partial charge in [0.25, 0.3) is 0 Å². The van der Waals surface area contributed by atoms with Crippen molar-refractivity contribution in [3.8, 4) is 12.3 Å². The Balaban J connectivity index is 2.68. The number of carbonyl (C=O) groups is 2. The number of carbonyl (C=O) groups excluding carboxylic acids is 1. The molecule has 0 bridgehead atoms. The molecule has 1 fully saturated rings. The van der Waals surface area contributed by atoms with Gasteiger partial charge in [-0.2, -0.15) is 0 Å². The Labute approximate surface area is 95.6 Å². The molecule has 4 heteroatoms. The van der Waals surface area contributed by atoms with Crippen molar-refractivity contribution in [2.24, 2.45) is 5.92 Å². The van der Waals surface area contributed by atoms with Crippen LogP contribution in [0.5, 0.6) is 0 Å². The maximum absolute atomic E-state index is 11.6. The largest absolute Gasteiger partial charge is 0.480 e. The molecule has 0 aromatic carbocycles. The summed E-state index contributed by atoms with van der Waals surface area (Å²) in [6.45, 7) is 2.38. The Bertz CT molecular complexity index is 319. The molecule has 0 radical (unpaired) electrons. The fraction of sp³-hybridized carbons (Fsp3) is 0.667. The molecule has 0 aromatic rings. The zero-order valence-electron chi connectivity index (χ0n) is 9.48. The number of rotatable bonds is 5. The Kier molecular flexibility index (Phi) is 4.36. The first-order valence-corrected chi connectivity index (χ1v) is 5.58. The highest BCUT2D eigenvalue weighted by Gasteiger charge is 2.36. The molecule has 1 aliphatic rings. The third-order valence-corrected chi connectivity index (χ3v) is 2.89. The van der Waals surface area contributed by atoms with E-state index < -0.39 is 12.0 Å². The van der Waals surface area contributed by atoms with Gasteiger partial charge in [0.05, 0.1) is 0 Å². The Morgan fingerprint density at radius 3 is 2.88 bits per heavy atom. The zero-order valence-corrected chi connectivity index (χ0v) is 9.48. The first-order chi connectivity index (χ1) is 7.60. The standard InChI is InChI=1S/C12H17NO3/c1-3-5-6-10(12(15)16)13-8-9(4-2)7-11(13)14/h2,9-10H,3,5-8H2,1H3,(H,15,16). The third-order valence-electron chi connectivity index (χ3n) is 2.89. The van der Waals surface area contributed by atoms with Gasteiger partial charge in [-0.1, -0.05) is 19.8 Å². The summed E-state index contributed by atoms with van der Waals surface area (Å²) in [7, 11) is 0. The van der Waals surface area contributed by atoms with E-state index >= 15 is 0 Å². The molecular formula is C12H17NO3. The fourth-order valence-electron chi connectivity index (χ4n) is 1.95. The van der Waals surface area contributed by atoms with E-state index in [1.807, 2.05) is 6.92 Å². The molecule has 1 saturated heterocycles. The minimum absolute atomic E-state index is 0.129. The van der Waals surface area contributed by atoms with Crippen LogP contribution in [0.15, 0.2) is 0 Å². The SMILES string of the molecule is C#CC1CC(=O)N(C(CCCC)C(=O)O)C1. The summed E-state index contributed by atoms with van der Waals surface area (Å²) in [5.74, 6) is 1.33. The van der Waals surface area contributed by atoms with Crippen molar-refractivity contribution in [2.45, 2.75) is 38.6 Å². The van der Waals surface area contributed by atoms with Crippen LogP contribution >= 0.6 is 0 Å². The number of hydrogen-bond acceptors (Lipinski definition) is 2. The van der Waals surface area contributed by atoms with Crippen LogP contribution in [0.3, 0.4) is 0 Å². The van der Waals surface area contributed by atoms with Crippen molar-refractivity contribution < 1.29 is 14.7 Å². The molecule has 16 heavy (non-hydrogen) atoms. The molecule has 2 atom stereocenters. The molecule has 1 N–H and O–H groups in total. The van der Waals surface area contributed by atoms with Crippen LogP contribution in [-0.4, -0.2) is 34.5 Å². The van der Waals surface area contributed by atoms with Gasteiger partial charge in [-0.05, 0) is 6.42 Å². The summed E-state index contributed by atoms with van der Waals surface area (Å²) in [6.07, 6.45) is 7.78. The van der Waals surface area contributed by atoms with Crippen LogP contribution in [0.4, 0.5) is 0 Å². The molecule has 88 valence electrons. The molecule has 4 nitrogen and oxygen atoms in total. The lowest BCUT2D eigenvalue weighted by molar-refractivity contribution is -0.148. The van der Waals surface area contributed by atoms with E-state index in [-0.39, 0.29) is 18.2 Å². The van der Waals surface area contributed by atoms with Crippen LogP contribution in [0, 0.1) is 18.3 Å². The monoisotopic (exact) mass is 223 g/mol. The minimum atomic E-state index is -0.931. The average molecular weight is 223 g/mol. The first kappa shape index (κ1) is 12.6. The van der Waals surface area contributed by atoms with E-state index in [1.54, 1.807) is 0 Å². The maximum atomic E-state index is 11.6. The number of amides is 1. The highest BCUT2D eigenvalue weighted by atomic mass is 16.4. The molecule has 0 aliphatic carbocycles. The third kappa shape index (κ3) is 2.75. The molecule has 2 unspecified atom stereocenters. The van der Waals surface area contributed by atoms with Gasteiger partial charge in [-0.25, -0.2) is 4.79 Å². The van der Waals surface area contributed by atoms with E-state index in [2.05, 4.69) is 5.92 Å². The van der Waals surface area contributed by atoms with Crippen molar-refractivity contribution in [3.63, 3.8) is 0 Å². The van der Waals surface area contributed by atoms with Crippen molar-refractivity contribution in [2.75, 3.05) is 6.54 Å². The van der Waals surface area contributed by atoms with Gasteiger partial charge in [0, 0.05) is 18.9 Å². The molecule has 1 rings (SSSR count). The number of carboxylic acid groups (broad SMARTS) is 1. The van der Waals surface area contributed by atoms with Gasteiger partial charge in [0.1, 0.15) is 6.04 Å². The first-order valence-electron chi connectivity index (χ1n) is 5.58. The number of terminal acetylenes is 1. The number of carboxylic acids is 1. The lowest BCUT2D eigenvalue weighted by atomic mass is 10.1. The minimum Gasteiger partial charge on any atom is -0.480 e. The topological polar surface area (TPSA) is 57.6 Å². The summed E-state index contributed by atoms with van der Waals surface area (Å²) in [4.78, 5) is 24.1. The molecule has 1 aliphatic heterocycles. The van der Waals surface area contributed by atoms with Gasteiger partial charge in [-0.3, -0.25) is 4.79 Å². The van der Waals surface area contributed by atoms with Crippen LogP contribution in [0.1, 0.15) is 32.6 Å². The van der Waals surface area contributed by atoms with Crippen molar-refractivity contribution in [1.29, 1.82) is 0 Å². The van der Waals surface area contributed by atoms with E-state index in [0.717, 1.165) is 12.8 Å². The predicted octanol–water partition coefficient (Wildman–Crippen LogP) is 1.11. The average Bonchev–Trinajstić information content (AvgIpc) is 2.60. The van der Waals surface area contributed by atoms with Gasteiger partial charge in [0.15, 0.2) is 0 Å². The Morgan fingerprint density at radius 2 is 2.44 bits per heavy atom. The normalized spacial score (nSPS) is 21.9.